The molecule has 3 saturated heterocycles. The minimum Gasteiger partial charge on any atom is -0.432 e. The summed E-state index contributed by atoms with van der Waals surface area (Å²) in [5, 5.41) is 118. The molecule has 3 heterocycles. The molecule has 0 bridgehead atoms. The highest BCUT2D eigenvalue weighted by Crippen LogP contribution is 2.76. The van der Waals surface area contributed by atoms with E-state index in [1.165, 1.54) is 12.5 Å². The van der Waals surface area contributed by atoms with Crippen LogP contribution >= 0.6 is 0 Å². The SMILES string of the molecule is C[C@H]1[C@H](C)CC[C@]2(C(=O)O[C@@H]3O[C@H](CO[C@@H]4O[C@H](CO)[C@@H](O[C@@H]5O[C@@H](C)[C@H](O)[C@@H](O)[C@H]5O)[C@@H](O)[C@H]4O)[C@@H](O)[C@H](O)[C@H]3O)CC[C@]3(C)C(=CC[C@@H]4[C@]5(C)CC[C@H](O)[C@@](C)(CO)[C@@H]5CC[C@]43C)[C@H]12. The second-order valence-corrected chi connectivity index (χ2v) is 22.8. The van der Waals surface area contributed by atoms with Crippen molar-refractivity contribution in [3.8, 4) is 0 Å². The fourth-order valence-corrected chi connectivity index (χ4v) is 15.1. The molecule has 18 heteroatoms. The van der Waals surface area contributed by atoms with Gasteiger partial charge in [-0.15, -0.1) is 0 Å². The maximum atomic E-state index is 15.0. The number of ether oxygens (including phenoxy) is 6. The molecule has 7 fully saturated rings. The highest BCUT2D eigenvalue weighted by Gasteiger charge is 2.70. The number of hydrogen-bond donors (Lipinski definition) is 11. The van der Waals surface area contributed by atoms with Crippen LogP contribution in [0, 0.1) is 56.7 Å². The van der Waals surface area contributed by atoms with Gasteiger partial charge in [-0.05, 0) is 111 Å². The Morgan fingerprint density at radius 2 is 1.33 bits per heavy atom. The number of fused-ring (bicyclic) bond motifs is 7. The van der Waals surface area contributed by atoms with Crippen LogP contribution in [0.2, 0.25) is 0 Å². The Morgan fingerprint density at radius 1 is 0.682 bits per heavy atom. The minimum absolute atomic E-state index is 0.0596. The first-order valence-corrected chi connectivity index (χ1v) is 24.4. The Morgan fingerprint density at radius 3 is 2.02 bits per heavy atom. The van der Waals surface area contributed by atoms with E-state index in [9.17, 15) is 61.0 Å². The zero-order chi connectivity index (χ0) is 48.2. The van der Waals surface area contributed by atoms with Crippen molar-refractivity contribution >= 4 is 5.97 Å². The Bertz CT molecular complexity index is 1790. The molecule has 0 radical (unpaired) electrons. The zero-order valence-corrected chi connectivity index (χ0v) is 39.5. The lowest BCUT2D eigenvalue weighted by Crippen LogP contribution is -2.66. The van der Waals surface area contributed by atoms with Gasteiger partial charge in [0.05, 0.1) is 37.4 Å². The van der Waals surface area contributed by atoms with Crippen LogP contribution in [0.5, 0.6) is 0 Å². The van der Waals surface area contributed by atoms with Gasteiger partial charge in [-0.3, -0.25) is 4.79 Å². The van der Waals surface area contributed by atoms with Crippen molar-refractivity contribution in [2.45, 2.75) is 204 Å². The second kappa shape index (κ2) is 18.3. The number of hydrogen-bond acceptors (Lipinski definition) is 18. The van der Waals surface area contributed by atoms with E-state index in [1.54, 1.807) is 0 Å². The summed E-state index contributed by atoms with van der Waals surface area (Å²) in [6.45, 7) is 13.7. The molecule has 66 heavy (non-hydrogen) atoms. The average Bonchev–Trinajstić information content (AvgIpc) is 3.29. The van der Waals surface area contributed by atoms with Gasteiger partial charge in [0.1, 0.15) is 67.1 Å². The number of carbonyl (C=O) groups excluding carboxylic acids is 1. The van der Waals surface area contributed by atoms with Gasteiger partial charge in [-0.25, -0.2) is 0 Å². The summed E-state index contributed by atoms with van der Waals surface area (Å²) in [6.07, 6.45) is -15.6. The molecule has 0 aromatic heterocycles. The molecule has 0 aromatic carbocycles. The maximum Gasteiger partial charge on any atom is 0.315 e. The van der Waals surface area contributed by atoms with Crippen LogP contribution in [0.25, 0.3) is 0 Å². The van der Waals surface area contributed by atoms with Crippen LogP contribution in [0.1, 0.15) is 106 Å². The van der Waals surface area contributed by atoms with E-state index in [2.05, 4.69) is 40.7 Å². The molecule has 4 saturated carbocycles. The Balaban J connectivity index is 0.979. The van der Waals surface area contributed by atoms with E-state index in [0.29, 0.717) is 31.1 Å². The smallest absolute Gasteiger partial charge is 0.315 e. The fourth-order valence-electron chi connectivity index (χ4n) is 15.1. The molecule has 5 aliphatic carbocycles. The molecule has 26 atom stereocenters. The molecular weight excluding hydrogens is 865 g/mol. The summed E-state index contributed by atoms with van der Waals surface area (Å²) < 4.78 is 34.8. The third-order valence-electron chi connectivity index (χ3n) is 19.8. The molecule has 18 nitrogen and oxygen atoms in total. The molecule has 0 spiro atoms. The minimum atomic E-state index is -1.85. The average molecular weight is 943 g/mol. The van der Waals surface area contributed by atoms with E-state index in [0.717, 1.165) is 38.5 Å². The molecular formula is C48H78O18. The molecule has 0 aromatic rings. The van der Waals surface area contributed by atoms with Crippen molar-refractivity contribution in [3.63, 3.8) is 0 Å². The number of aliphatic hydroxyl groups is 11. The van der Waals surface area contributed by atoms with Crippen molar-refractivity contribution < 1.29 is 89.4 Å². The van der Waals surface area contributed by atoms with Crippen molar-refractivity contribution in [2.24, 2.45) is 56.7 Å². The van der Waals surface area contributed by atoms with Crippen LogP contribution in [-0.2, 0) is 33.2 Å². The first-order chi connectivity index (χ1) is 30.9. The molecule has 0 unspecified atom stereocenters. The van der Waals surface area contributed by atoms with Crippen LogP contribution in [-0.4, -0.2) is 180 Å². The van der Waals surface area contributed by atoms with Crippen molar-refractivity contribution in [2.75, 3.05) is 19.8 Å². The summed E-state index contributed by atoms with van der Waals surface area (Å²) >= 11 is 0. The van der Waals surface area contributed by atoms with Crippen LogP contribution in [0.15, 0.2) is 11.6 Å². The van der Waals surface area contributed by atoms with Gasteiger partial charge in [0, 0.05) is 5.41 Å². The molecule has 378 valence electrons. The molecule has 8 aliphatic rings. The largest absolute Gasteiger partial charge is 0.432 e. The van der Waals surface area contributed by atoms with Crippen molar-refractivity contribution in [1.82, 2.24) is 0 Å². The third-order valence-corrected chi connectivity index (χ3v) is 19.8. The fraction of sp³-hybridized carbons (Fsp3) is 0.938. The predicted octanol–water partition coefficient (Wildman–Crippen LogP) is -0.00360. The molecule has 8 rings (SSSR count). The number of rotatable bonds is 9. The van der Waals surface area contributed by atoms with Gasteiger partial charge in [0.25, 0.3) is 0 Å². The van der Waals surface area contributed by atoms with Crippen molar-refractivity contribution in [3.05, 3.63) is 11.6 Å². The summed E-state index contributed by atoms with van der Waals surface area (Å²) in [4.78, 5) is 15.0. The summed E-state index contributed by atoms with van der Waals surface area (Å²) in [7, 11) is 0. The van der Waals surface area contributed by atoms with Crippen LogP contribution < -0.4 is 0 Å². The Kier molecular flexibility index (Phi) is 14.1. The van der Waals surface area contributed by atoms with Crippen LogP contribution in [0.4, 0.5) is 0 Å². The monoisotopic (exact) mass is 943 g/mol. The summed E-state index contributed by atoms with van der Waals surface area (Å²) in [6, 6.07) is 0. The van der Waals surface area contributed by atoms with Gasteiger partial charge in [-0.1, -0.05) is 53.2 Å². The first kappa shape index (κ1) is 50.9. The third kappa shape index (κ3) is 7.69. The standard InChI is InChI=1S/C48H78O18/c1-21-10-15-48(17-16-46(6)24(30(48)22(21)2)8-9-28-44(4)13-12-29(51)45(5,20-50)27(44)11-14-47(28,46)7)43(60)66-42-37(58)34(55)32(53)26(64-42)19-61-40-38(59)35(56)39(25(18-49)63-40)65-41-36(57)33(54)31(52)23(3)62-41/h8,21-23,25-42,49-59H,9-20H2,1-7H3/t21-,22+,23+,25-,26-,27-,28-,29+,30+,31+,32-,33-,34+,35+,36-,37-,38-,39-,40-,41+,42+,44-,45+,46-,47-,48+/m1/s1. The zero-order valence-electron chi connectivity index (χ0n) is 39.5. The number of esters is 1. The highest BCUT2D eigenvalue weighted by molar-refractivity contribution is 5.79. The van der Waals surface area contributed by atoms with Gasteiger partial charge in [-0.2, -0.15) is 0 Å². The quantitative estimate of drug-likeness (QED) is 0.107. The van der Waals surface area contributed by atoms with E-state index in [1.807, 2.05) is 6.92 Å². The van der Waals surface area contributed by atoms with Crippen molar-refractivity contribution in [1.29, 1.82) is 0 Å². The number of allylic oxidation sites excluding steroid dienone is 2. The van der Waals surface area contributed by atoms with E-state index in [-0.39, 0.29) is 40.6 Å². The molecule has 3 aliphatic heterocycles. The number of aliphatic hydroxyl groups excluding tert-OH is 11. The van der Waals surface area contributed by atoms with Gasteiger partial charge in [0.2, 0.25) is 6.29 Å². The summed E-state index contributed by atoms with van der Waals surface area (Å²) in [5.41, 5.74) is -0.753. The van der Waals surface area contributed by atoms with E-state index in [4.69, 9.17) is 28.4 Å². The van der Waals surface area contributed by atoms with E-state index < -0.39 is 128 Å². The maximum absolute atomic E-state index is 15.0. The second-order valence-electron chi connectivity index (χ2n) is 22.8. The highest BCUT2D eigenvalue weighted by atomic mass is 16.8. The first-order valence-electron chi connectivity index (χ1n) is 24.4. The molecule has 11 N–H and O–H groups in total. The van der Waals surface area contributed by atoms with Crippen LogP contribution in [0.3, 0.4) is 0 Å². The topological polar surface area (TPSA) is 295 Å². The van der Waals surface area contributed by atoms with Gasteiger partial charge in [0.15, 0.2) is 12.6 Å². The Hall–Kier alpha value is -1.43. The number of carbonyl (C=O) groups is 1. The molecule has 0 amide bonds. The lowest BCUT2D eigenvalue weighted by Gasteiger charge is -2.71. The van der Waals surface area contributed by atoms with Gasteiger partial charge < -0.3 is 84.6 Å². The lowest BCUT2D eigenvalue weighted by atomic mass is 9.33. The lowest BCUT2D eigenvalue weighted by molar-refractivity contribution is -0.361. The predicted molar refractivity (Wildman–Crippen MR) is 230 cm³/mol. The van der Waals surface area contributed by atoms with E-state index >= 15 is 0 Å². The Labute approximate surface area is 387 Å². The van der Waals surface area contributed by atoms with Gasteiger partial charge >= 0.3 is 5.97 Å². The normalized spacial score (nSPS) is 56.2. The summed E-state index contributed by atoms with van der Waals surface area (Å²) in [5.74, 6) is 0.137.